The highest BCUT2D eigenvalue weighted by atomic mass is 15.1. The van der Waals surface area contributed by atoms with Gasteiger partial charge in [0.1, 0.15) is 0 Å². The van der Waals surface area contributed by atoms with E-state index >= 15 is 0 Å². The van der Waals surface area contributed by atoms with Crippen LogP contribution in [0.25, 0.3) is 0 Å². The Morgan fingerprint density at radius 2 is 1.58 bits per heavy atom. The molecule has 0 aromatic rings. The Morgan fingerprint density at radius 1 is 1.11 bits per heavy atom. The van der Waals surface area contributed by atoms with E-state index in [1.54, 1.807) is 0 Å². The van der Waals surface area contributed by atoms with Crippen LogP contribution in [0.1, 0.15) is 52.4 Å². The zero-order chi connectivity index (χ0) is 13.6. The van der Waals surface area contributed by atoms with Gasteiger partial charge in [-0.2, -0.15) is 5.26 Å². The second-order valence-corrected chi connectivity index (χ2v) is 8.15. The second kappa shape index (κ2) is 4.77. The van der Waals surface area contributed by atoms with Gasteiger partial charge in [0.05, 0.1) is 12.1 Å². The van der Waals surface area contributed by atoms with Crippen LogP contribution in [0.2, 0.25) is 0 Å². The number of hydrogen-bond donors (Lipinski definition) is 0. The predicted octanol–water partition coefficient (Wildman–Crippen LogP) is 3.68. The third-order valence-electron chi connectivity index (χ3n) is 5.99. The van der Waals surface area contributed by atoms with Crippen molar-refractivity contribution < 1.29 is 0 Å². The maximum atomic E-state index is 9.39. The fourth-order valence-electron chi connectivity index (χ4n) is 5.87. The van der Waals surface area contributed by atoms with E-state index in [1.807, 2.05) is 0 Å². The van der Waals surface area contributed by atoms with Crippen LogP contribution in [0.4, 0.5) is 0 Å². The van der Waals surface area contributed by atoms with Crippen LogP contribution in [0.15, 0.2) is 0 Å². The molecule has 0 aromatic carbocycles. The van der Waals surface area contributed by atoms with Crippen LogP contribution < -0.4 is 0 Å². The van der Waals surface area contributed by atoms with Gasteiger partial charge in [0.15, 0.2) is 0 Å². The van der Waals surface area contributed by atoms with Crippen molar-refractivity contribution in [2.45, 2.75) is 58.4 Å². The van der Waals surface area contributed by atoms with Crippen molar-refractivity contribution in [1.82, 2.24) is 4.90 Å². The topological polar surface area (TPSA) is 27.0 Å². The highest BCUT2D eigenvalue weighted by molar-refractivity contribution is 5.04. The Labute approximate surface area is 118 Å². The minimum absolute atomic E-state index is 0.0907. The summed E-state index contributed by atoms with van der Waals surface area (Å²) in [6, 6.07) is 2.60. The molecule has 0 saturated heterocycles. The molecule has 0 amide bonds. The maximum absolute atomic E-state index is 9.39. The molecule has 2 nitrogen and oxygen atoms in total. The summed E-state index contributed by atoms with van der Waals surface area (Å²) in [5.41, 5.74) is 0.563. The van der Waals surface area contributed by atoms with Crippen LogP contribution in [-0.2, 0) is 0 Å². The van der Waals surface area contributed by atoms with Crippen LogP contribution in [-0.4, -0.2) is 24.5 Å². The second-order valence-electron chi connectivity index (χ2n) is 8.15. The zero-order valence-electron chi connectivity index (χ0n) is 12.7. The molecule has 0 spiro atoms. The molecule has 106 valence electrons. The fourth-order valence-corrected chi connectivity index (χ4v) is 5.87. The summed E-state index contributed by atoms with van der Waals surface area (Å²) in [5, 5.41) is 9.39. The highest BCUT2D eigenvalue weighted by Gasteiger charge is 2.51. The summed E-state index contributed by atoms with van der Waals surface area (Å²) in [5.74, 6) is 3.47. The number of rotatable bonds is 4. The largest absolute Gasteiger partial charge is 0.290 e. The Balaban J connectivity index is 1.71. The first-order valence-corrected chi connectivity index (χ1v) is 8.11. The molecule has 4 aliphatic rings. The minimum Gasteiger partial charge on any atom is -0.290 e. The van der Waals surface area contributed by atoms with Crippen molar-refractivity contribution in [2.24, 2.45) is 29.1 Å². The van der Waals surface area contributed by atoms with Gasteiger partial charge in [-0.3, -0.25) is 4.90 Å². The predicted molar refractivity (Wildman–Crippen MR) is 77.5 cm³/mol. The lowest BCUT2D eigenvalue weighted by Gasteiger charge is -2.58. The standard InChI is InChI=1S/C17H28N2/c1-12(2)16(10-18)19(3)11-17-7-13-4-14(8-17)6-15(5-13)9-17/h12-16H,4-9,11H2,1-3H3. The van der Waals surface area contributed by atoms with E-state index in [0.717, 1.165) is 24.3 Å². The Hall–Kier alpha value is -0.550. The van der Waals surface area contributed by atoms with E-state index in [-0.39, 0.29) is 6.04 Å². The van der Waals surface area contributed by atoms with E-state index in [9.17, 15) is 5.26 Å². The first-order chi connectivity index (χ1) is 9.01. The molecule has 4 bridgehead atoms. The SMILES string of the molecule is CC(C)C(C#N)N(C)CC12CC3CC(CC(C3)C1)C2. The molecule has 4 aliphatic carbocycles. The molecule has 2 heteroatoms. The zero-order valence-corrected chi connectivity index (χ0v) is 12.7. The third kappa shape index (κ3) is 2.42. The number of nitrogens with zero attached hydrogens (tertiary/aromatic N) is 2. The smallest absolute Gasteiger partial charge is 0.0998 e. The Kier molecular flexibility index (Phi) is 3.38. The molecule has 4 fully saturated rings. The average Bonchev–Trinajstić information content (AvgIpc) is 2.25. The van der Waals surface area contributed by atoms with Crippen molar-refractivity contribution in [3.8, 4) is 6.07 Å². The van der Waals surface area contributed by atoms with Crippen LogP contribution >= 0.6 is 0 Å². The Bertz CT molecular complexity index is 344. The van der Waals surface area contributed by atoms with Crippen molar-refractivity contribution in [1.29, 1.82) is 5.26 Å². The summed E-state index contributed by atoms with van der Waals surface area (Å²) >= 11 is 0. The van der Waals surface area contributed by atoms with Gasteiger partial charge in [-0.15, -0.1) is 0 Å². The molecule has 19 heavy (non-hydrogen) atoms. The third-order valence-corrected chi connectivity index (χ3v) is 5.99. The summed E-state index contributed by atoms with van der Waals surface area (Å²) in [6.07, 6.45) is 8.86. The number of hydrogen-bond acceptors (Lipinski definition) is 2. The van der Waals surface area contributed by atoms with Crippen LogP contribution in [0, 0.1) is 40.4 Å². The van der Waals surface area contributed by atoms with Crippen LogP contribution in [0.5, 0.6) is 0 Å². The molecular formula is C17H28N2. The minimum atomic E-state index is 0.0907. The fraction of sp³-hybridized carbons (Fsp3) is 0.941. The maximum Gasteiger partial charge on any atom is 0.0998 e. The van der Waals surface area contributed by atoms with E-state index in [2.05, 4.69) is 31.9 Å². The molecule has 0 radical (unpaired) electrons. The van der Waals surface area contributed by atoms with Gasteiger partial charge in [0.25, 0.3) is 0 Å². The first kappa shape index (κ1) is 13.4. The molecular weight excluding hydrogens is 232 g/mol. The van der Waals surface area contributed by atoms with Gasteiger partial charge in [-0.05, 0) is 74.7 Å². The van der Waals surface area contributed by atoms with Gasteiger partial charge in [0.2, 0.25) is 0 Å². The molecule has 4 saturated carbocycles. The molecule has 0 aliphatic heterocycles. The summed E-state index contributed by atoms with van der Waals surface area (Å²) in [7, 11) is 2.17. The summed E-state index contributed by atoms with van der Waals surface area (Å²) in [6.45, 7) is 5.50. The van der Waals surface area contributed by atoms with Crippen LogP contribution in [0.3, 0.4) is 0 Å². The lowest BCUT2D eigenvalue weighted by atomic mass is 9.49. The Morgan fingerprint density at radius 3 is 1.95 bits per heavy atom. The van der Waals surface area contributed by atoms with Gasteiger partial charge < -0.3 is 0 Å². The number of nitriles is 1. The van der Waals surface area contributed by atoms with Gasteiger partial charge in [0, 0.05) is 6.54 Å². The van der Waals surface area contributed by atoms with Gasteiger partial charge >= 0.3 is 0 Å². The van der Waals surface area contributed by atoms with E-state index in [1.165, 1.54) is 38.5 Å². The molecule has 0 aromatic heterocycles. The van der Waals surface area contributed by atoms with Crippen molar-refractivity contribution in [3.63, 3.8) is 0 Å². The van der Waals surface area contributed by atoms with E-state index in [0.29, 0.717) is 11.3 Å². The first-order valence-electron chi connectivity index (χ1n) is 8.11. The van der Waals surface area contributed by atoms with Crippen molar-refractivity contribution >= 4 is 0 Å². The quantitative estimate of drug-likeness (QED) is 0.771. The average molecular weight is 260 g/mol. The van der Waals surface area contributed by atoms with Crippen molar-refractivity contribution in [2.75, 3.05) is 13.6 Å². The monoisotopic (exact) mass is 260 g/mol. The molecule has 0 heterocycles. The van der Waals surface area contributed by atoms with E-state index in [4.69, 9.17) is 0 Å². The summed E-state index contributed by atoms with van der Waals surface area (Å²) < 4.78 is 0. The molecule has 1 atom stereocenters. The normalized spacial score (nSPS) is 41.8. The summed E-state index contributed by atoms with van der Waals surface area (Å²) in [4.78, 5) is 2.36. The molecule has 1 unspecified atom stereocenters. The highest BCUT2D eigenvalue weighted by Crippen LogP contribution is 2.60. The van der Waals surface area contributed by atoms with Gasteiger partial charge in [-0.25, -0.2) is 0 Å². The van der Waals surface area contributed by atoms with E-state index < -0.39 is 0 Å². The van der Waals surface area contributed by atoms with Crippen molar-refractivity contribution in [3.05, 3.63) is 0 Å². The lowest BCUT2D eigenvalue weighted by molar-refractivity contribution is -0.0700. The molecule has 0 N–H and O–H groups in total. The van der Waals surface area contributed by atoms with Gasteiger partial charge in [-0.1, -0.05) is 13.8 Å². The molecule has 4 rings (SSSR count). The lowest BCUT2D eigenvalue weighted by Crippen LogP contribution is -2.52.